The number of ether oxygens (including phenoxy) is 1. The van der Waals surface area contributed by atoms with Crippen LogP contribution in [0.15, 0.2) is 0 Å². The Morgan fingerprint density at radius 1 is 1.11 bits per heavy atom. The molecule has 0 spiro atoms. The van der Waals surface area contributed by atoms with Crippen LogP contribution in [-0.4, -0.2) is 76.4 Å². The molecule has 2 aliphatic heterocycles. The fraction of sp³-hybridized carbons (Fsp3) is 0.900. The van der Waals surface area contributed by atoms with Gasteiger partial charge in [0.15, 0.2) is 0 Å². The van der Waals surface area contributed by atoms with Crippen molar-refractivity contribution in [2.75, 3.05) is 32.7 Å². The third-order valence-corrected chi connectivity index (χ3v) is 5.07. The predicted octanol–water partition coefficient (Wildman–Crippen LogP) is 2.97. The van der Waals surface area contributed by atoms with Gasteiger partial charge in [0.05, 0.1) is 12.0 Å². The van der Waals surface area contributed by atoms with Crippen LogP contribution in [0.25, 0.3) is 0 Å². The highest BCUT2D eigenvalue weighted by Crippen LogP contribution is 2.25. The number of amides is 2. The molecule has 0 aromatic rings. The minimum atomic E-state index is -0.590. The van der Waals surface area contributed by atoms with Gasteiger partial charge in [0.2, 0.25) is 5.91 Å². The largest absolute Gasteiger partial charge is 0.444 e. The molecule has 7 heteroatoms. The lowest BCUT2D eigenvalue weighted by Crippen LogP contribution is -2.56. The zero-order valence-electron chi connectivity index (χ0n) is 17.6. The van der Waals surface area contributed by atoms with E-state index in [1.165, 1.54) is 11.5 Å². The van der Waals surface area contributed by atoms with Gasteiger partial charge in [0, 0.05) is 32.7 Å². The van der Waals surface area contributed by atoms with Gasteiger partial charge < -0.3 is 19.7 Å². The smallest absolute Gasteiger partial charge is 0.410 e. The van der Waals surface area contributed by atoms with E-state index in [-0.39, 0.29) is 17.9 Å². The van der Waals surface area contributed by atoms with Crippen molar-refractivity contribution in [3.8, 4) is 0 Å². The minimum Gasteiger partial charge on any atom is -0.444 e. The summed E-state index contributed by atoms with van der Waals surface area (Å²) >= 11 is 0. The molecule has 0 unspecified atom stereocenters. The van der Waals surface area contributed by atoms with Crippen LogP contribution in [0, 0.1) is 11.8 Å². The number of nitrogens with zero attached hydrogens (tertiary/aromatic N) is 3. The van der Waals surface area contributed by atoms with Crippen molar-refractivity contribution in [1.82, 2.24) is 14.9 Å². The third kappa shape index (κ3) is 6.64. The highest BCUT2D eigenvalue weighted by Gasteiger charge is 2.39. The molecule has 0 aromatic heterocycles. The first kappa shape index (κ1) is 22.0. The van der Waals surface area contributed by atoms with E-state index in [2.05, 4.69) is 0 Å². The maximum Gasteiger partial charge on any atom is 0.410 e. The minimum absolute atomic E-state index is 0.103. The van der Waals surface area contributed by atoms with Gasteiger partial charge in [-0.25, -0.2) is 4.79 Å². The van der Waals surface area contributed by atoms with Crippen LogP contribution < -0.4 is 0 Å². The first-order valence-electron chi connectivity index (χ1n) is 10.3. The van der Waals surface area contributed by atoms with Crippen LogP contribution >= 0.6 is 0 Å². The van der Waals surface area contributed by atoms with Crippen molar-refractivity contribution >= 4 is 12.0 Å². The average Bonchev–Trinajstić information content (AvgIpc) is 2.59. The summed E-state index contributed by atoms with van der Waals surface area (Å²) in [5, 5.41) is 11.8. The highest BCUT2D eigenvalue weighted by atomic mass is 16.6. The molecule has 1 N–H and O–H groups in total. The lowest BCUT2D eigenvalue weighted by atomic mass is 9.91. The SMILES string of the molecule is CC(C)CN(O)[C@H]1C[C@@H](C(=O)N2CCCCC2)CN(C(=O)OC(C)(C)C)C1. The Labute approximate surface area is 163 Å². The van der Waals surface area contributed by atoms with E-state index < -0.39 is 11.7 Å². The molecular formula is C20H37N3O4. The Morgan fingerprint density at radius 3 is 2.30 bits per heavy atom. The fourth-order valence-electron chi connectivity index (χ4n) is 3.84. The van der Waals surface area contributed by atoms with Crippen LogP contribution in [0.5, 0.6) is 0 Å². The van der Waals surface area contributed by atoms with E-state index >= 15 is 0 Å². The van der Waals surface area contributed by atoms with Crippen molar-refractivity contribution in [2.24, 2.45) is 11.8 Å². The topological polar surface area (TPSA) is 73.3 Å². The van der Waals surface area contributed by atoms with Gasteiger partial charge >= 0.3 is 6.09 Å². The summed E-state index contributed by atoms with van der Waals surface area (Å²) in [6.45, 7) is 12.4. The number of carbonyl (C=O) groups excluding carboxylic acids is 2. The molecule has 2 heterocycles. The number of rotatable bonds is 4. The standard InChI is InChI=1S/C20H37N3O4/c1-15(2)12-23(26)17-11-16(18(24)21-9-7-6-8-10-21)13-22(14-17)19(25)27-20(3,4)5/h15-17,26H,6-14H2,1-5H3/t16-,17+/m1/s1. The van der Waals surface area contributed by atoms with E-state index in [4.69, 9.17) is 4.74 Å². The van der Waals surface area contributed by atoms with E-state index in [0.717, 1.165) is 25.9 Å². The Bertz CT molecular complexity index is 512. The molecule has 0 radical (unpaired) electrons. The van der Waals surface area contributed by atoms with Gasteiger partial charge in [-0.1, -0.05) is 13.8 Å². The van der Waals surface area contributed by atoms with Gasteiger partial charge in [-0.05, 0) is 52.4 Å². The van der Waals surface area contributed by atoms with E-state index in [1.54, 1.807) is 4.90 Å². The number of carbonyl (C=O) groups is 2. The van der Waals surface area contributed by atoms with Gasteiger partial charge in [-0.2, -0.15) is 5.06 Å². The van der Waals surface area contributed by atoms with Crippen LogP contribution in [0.1, 0.15) is 60.3 Å². The molecule has 2 amide bonds. The fourth-order valence-corrected chi connectivity index (χ4v) is 3.84. The summed E-state index contributed by atoms with van der Waals surface area (Å²) in [5.41, 5.74) is -0.590. The molecular weight excluding hydrogens is 346 g/mol. The predicted molar refractivity (Wildman–Crippen MR) is 103 cm³/mol. The highest BCUT2D eigenvalue weighted by molar-refractivity contribution is 5.80. The summed E-state index contributed by atoms with van der Waals surface area (Å²) in [5.74, 6) is 0.102. The van der Waals surface area contributed by atoms with E-state index in [9.17, 15) is 14.8 Å². The monoisotopic (exact) mass is 383 g/mol. The molecule has 0 saturated carbocycles. The Morgan fingerprint density at radius 2 is 1.74 bits per heavy atom. The normalized spacial score (nSPS) is 24.4. The number of piperidine rings is 2. The summed E-state index contributed by atoms with van der Waals surface area (Å²) in [6, 6.07) is -0.257. The Balaban J connectivity index is 2.12. The van der Waals surface area contributed by atoms with Gasteiger partial charge in [0.1, 0.15) is 5.60 Å². The zero-order chi connectivity index (χ0) is 20.2. The third-order valence-electron chi connectivity index (χ3n) is 5.07. The van der Waals surface area contributed by atoms with Gasteiger partial charge in [0.25, 0.3) is 0 Å². The molecule has 27 heavy (non-hydrogen) atoms. The van der Waals surface area contributed by atoms with Crippen LogP contribution in [0.2, 0.25) is 0 Å². The molecule has 0 bridgehead atoms. The first-order valence-corrected chi connectivity index (χ1v) is 10.3. The number of hydroxylamine groups is 2. The zero-order valence-corrected chi connectivity index (χ0v) is 17.6. The lowest BCUT2D eigenvalue weighted by molar-refractivity contribution is -0.159. The molecule has 2 atom stereocenters. The average molecular weight is 384 g/mol. The van der Waals surface area contributed by atoms with E-state index in [0.29, 0.717) is 32.0 Å². The number of likely N-dealkylation sites (tertiary alicyclic amines) is 2. The molecule has 0 aliphatic carbocycles. The van der Waals surface area contributed by atoms with Crippen LogP contribution in [0.3, 0.4) is 0 Å². The van der Waals surface area contributed by atoms with Crippen LogP contribution in [-0.2, 0) is 9.53 Å². The maximum absolute atomic E-state index is 13.0. The van der Waals surface area contributed by atoms with Crippen LogP contribution in [0.4, 0.5) is 4.79 Å². The molecule has 0 aromatic carbocycles. The Kier molecular flexibility index (Phi) is 7.51. The molecule has 2 rings (SSSR count). The summed E-state index contributed by atoms with van der Waals surface area (Å²) < 4.78 is 5.52. The first-order chi connectivity index (χ1) is 12.6. The van der Waals surface area contributed by atoms with Gasteiger partial charge in [-0.3, -0.25) is 4.79 Å². The second kappa shape index (κ2) is 9.24. The summed E-state index contributed by atoms with van der Waals surface area (Å²) in [6.07, 6.45) is 3.40. The molecule has 7 nitrogen and oxygen atoms in total. The van der Waals surface area contributed by atoms with Gasteiger partial charge in [-0.15, -0.1) is 0 Å². The molecule has 2 fully saturated rings. The van der Waals surface area contributed by atoms with Crippen molar-refractivity contribution in [1.29, 1.82) is 0 Å². The van der Waals surface area contributed by atoms with Crippen molar-refractivity contribution < 1.29 is 19.5 Å². The van der Waals surface area contributed by atoms with Crippen molar-refractivity contribution in [2.45, 2.75) is 71.9 Å². The van der Waals surface area contributed by atoms with Crippen molar-refractivity contribution in [3.05, 3.63) is 0 Å². The number of hydrogen-bond donors (Lipinski definition) is 1. The molecule has 156 valence electrons. The Hall–Kier alpha value is -1.34. The quantitative estimate of drug-likeness (QED) is 0.756. The lowest BCUT2D eigenvalue weighted by Gasteiger charge is -2.42. The van der Waals surface area contributed by atoms with Crippen molar-refractivity contribution in [3.63, 3.8) is 0 Å². The molecule has 2 aliphatic rings. The summed E-state index contributed by atoms with van der Waals surface area (Å²) in [4.78, 5) is 29.2. The maximum atomic E-state index is 13.0. The second-order valence-electron chi connectivity index (χ2n) is 9.37. The summed E-state index contributed by atoms with van der Waals surface area (Å²) in [7, 11) is 0. The van der Waals surface area contributed by atoms with E-state index in [1.807, 2.05) is 39.5 Å². The molecule has 2 saturated heterocycles. The number of hydrogen-bond acceptors (Lipinski definition) is 5. The second-order valence-corrected chi connectivity index (χ2v) is 9.37.